The number of aryl methyl sites for hydroxylation is 1. The molecule has 1 N–H and O–H groups in total. The number of aromatic nitrogens is 1. The number of nitrogens with zero attached hydrogens (tertiary/aromatic N) is 1. The third kappa shape index (κ3) is 5.77. The van der Waals surface area contributed by atoms with Gasteiger partial charge in [-0.15, -0.1) is 11.3 Å². The van der Waals surface area contributed by atoms with E-state index in [-0.39, 0.29) is 6.61 Å². The molecule has 6 heteroatoms. The zero-order valence-electron chi connectivity index (χ0n) is 11.8. The molecule has 21 heavy (non-hydrogen) atoms. The first-order valence-electron chi connectivity index (χ1n) is 6.73. The molecule has 0 spiro atoms. The highest BCUT2D eigenvalue weighted by molar-refractivity contribution is 7.09. The van der Waals surface area contributed by atoms with E-state index in [4.69, 9.17) is 4.74 Å². The average Bonchev–Trinajstić information content (AvgIpc) is 2.91. The molecular weight excluding hydrogens is 294 g/mol. The van der Waals surface area contributed by atoms with E-state index in [1.54, 1.807) is 0 Å². The van der Waals surface area contributed by atoms with Gasteiger partial charge < -0.3 is 10.1 Å². The quantitative estimate of drug-likeness (QED) is 0.751. The molecule has 0 unspecified atom stereocenters. The number of halogens is 2. The van der Waals surface area contributed by atoms with Gasteiger partial charge in [0.05, 0.1) is 23.9 Å². The van der Waals surface area contributed by atoms with E-state index in [0.717, 1.165) is 16.4 Å². The first-order chi connectivity index (χ1) is 10.1. The van der Waals surface area contributed by atoms with Crippen molar-refractivity contribution >= 4 is 17.0 Å². The van der Waals surface area contributed by atoms with Crippen molar-refractivity contribution in [1.82, 2.24) is 4.98 Å². The van der Waals surface area contributed by atoms with Crippen molar-refractivity contribution in [3.63, 3.8) is 0 Å². The zero-order chi connectivity index (χ0) is 15.1. The minimum Gasteiger partial charge on any atom is -0.379 e. The van der Waals surface area contributed by atoms with Crippen LogP contribution in [0.3, 0.4) is 0 Å². The first kappa shape index (κ1) is 15.9. The van der Waals surface area contributed by atoms with Gasteiger partial charge in [-0.1, -0.05) is 17.7 Å². The van der Waals surface area contributed by atoms with E-state index in [1.807, 2.05) is 24.4 Å². The van der Waals surface area contributed by atoms with Crippen molar-refractivity contribution in [2.45, 2.75) is 26.3 Å². The highest BCUT2D eigenvalue weighted by Crippen LogP contribution is 2.14. The summed E-state index contributed by atoms with van der Waals surface area (Å²) in [5.74, 6) is 0. The Kier molecular flexibility index (Phi) is 6.07. The molecule has 0 saturated carbocycles. The minimum atomic E-state index is -2.41. The minimum absolute atomic E-state index is 0.280. The standard InChI is InChI=1S/C15H18F2N2OS/c1-11-2-4-12(5-3-11)18-8-13-10-21-15(19-13)6-7-20-9-14(16)17/h2-5,10,14,18H,6-9H2,1H3. The Hall–Kier alpha value is -1.53. The van der Waals surface area contributed by atoms with E-state index in [0.29, 0.717) is 13.0 Å². The Morgan fingerprint density at radius 1 is 1.29 bits per heavy atom. The molecule has 0 aliphatic rings. The zero-order valence-corrected chi connectivity index (χ0v) is 12.6. The van der Waals surface area contributed by atoms with E-state index in [9.17, 15) is 8.78 Å². The first-order valence-corrected chi connectivity index (χ1v) is 7.61. The van der Waals surface area contributed by atoms with Crippen LogP contribution in [-0.2, 0) is 17.7 Å². The van der Waals surface area contributed by atoms with Gasteiger partial charge >= 0.3 is 0 Å². The molecule has 0 fully saturated rings. The SMILES string of the molecule is Cc1ccc(NCc2csc(CCOCC(F)F)n2)cc1. The van der Waals surface area contributed by atoms with E-state index in [1.165, 1.54) is 16.9 Å². The monoisotopic (exact) mass is 312 g/mol. The number of alkyl halides is 2. The van der Waals surface area contributed by atoms with Crippen LogP contribution in [0.5, 0.6) is 0 Å². The number of thiazole rings is 1. The average molecular weight is 312 g/mol. The lowest BCUT2D eigenvalue weighted by molar-refractivity contribution is 0.0187. The van der Waals surface area contributed by atoms with Crippen molar-refractivity contribution in [2.75, 3.05) is 18.5 Å². The Balaban J connectivity index is 1.73. The smallest absolute Gasteiger partial charge is 0.261 e. The van der Waals surface area contributed by atoms with Crippen molar-refractivity contribution in [1.29, 1.82) is 0 Å². The maximum Gasteiger partial charge on any atom is 0.261 e. The van der Waals surface area contributed by atoms with Crippen LogP contribution in [0.25, 0.3) is 0 Å². The van der Waals surface area contributed by atoms with Crippen molar-refractivity contribution < 1.29 is 13.5 Å². The predicted octanol–water partition coefficient (Wildman–Crippen LogP) is 3.89. The van der Waals surface area contributed by atoms with Gasteiger partial charge in [0, 0.05) is 17.5 Å². The number of anilines is 1. The van der Waals surface area contributed by atoms with Crippen molar-refractivity contribution in [3.8, 4) is 0 Å². The van der Waals surface area contributed by atoms with Gasteiger partial charge in [-0.2, -0.15) is 0 Å². The maximum absolute atomic E-state index is 11.9. The molecule has 1 heterocycles. The highest BCUT2D eigenvalue weighted by atomic mass is 32.1. The summed E-state index contributed by atoms with van der Waals surface area (Å²) in [6.07, 6.45) is -1.84. The molecule has 0 radical (unpaired) electrons. The van der Waals surface area contributed by atoms with Crippen LogP contribution in [0.15, 0.2) is 29.6 Å². The fourth-order valence-corrected chi connectivity index (χ4v) is 2.52. The van der Waals surface area contributed by atoms with E-state index in [2.05, 4.69) is 22.4 Å². The number of hydrogen-bond acceptors (Lipinski definition) is 4. The molecular formula is C15H18F2N2OS. The summed E-state index contributed by atoms with van der Waals surface area (Å²) in [4.78, 5) is 4.45. The largest absolute Gasteiger partial charge is 0.379 e. The molecule has 1 aromatic heterocycles. The van der Waals surface area contributed by atoms with Crippen LogP contribution in [0.1, 0.15) is 16.3 Å². The van der Waals surface area contributed by atoms with Crippen LogP contribution < -0.4 is 5.32 Å². The summed E-state index contributed by atoms with van der Waals surface area (Å²) in [6, 6.07) is 8.16. The van der Waals surface area contributed by atoms with Crippen LogP contribution in [0.4, 0.5) is 14.5 Å². The predicted molar refractivity (Wildman–Crippen MR) is 81.1 cm³/mol. The number of nitrogens with one attached hydrogen (secondary N) is 1. The van der Waals surface area contributed by atoms with Crippen LogP contribution >= 0.6 is 11.3 Å². The second-order valence-electron chi connectivity index (χ2n) is 4.67. The molecule has 1 aromatic carbocycles. The third-order valence-corrected chi connectivity index (χ3v) is 3.79. The summed E-state index contributed by atoms with van der Waals surface area (Å²) in [6.45, 7) is 2.47. The summed E-state index contributed by atoms with van der Waals surface area (Å²) in [7, 11) is 0. The van der Waals surface area contributed by atoms with E-state index >= 15 is 0 Å². The number of rotatable bonds is 8. The van der Waals surface area contributed by atoms with Crippen molar-refractivity contribution in [2.24, 2.45) is 0 Å². The summed E-state index contributed by atoms with van der Waals surface area (Å²) < 4.78 is 28.7. The van der Waals surface area contributed by atoms with Gasteiger partial charge in [-0.05, 0) is 19.1 Å². The topological polar surface area (TPSA) is 34.1 Å². The Morgan fingerprint density at radius 3 is 2.76 bits per heavy atom. The van der Waals surface area contributed by atoms with E-state index < -0.39 is 13.0 Å². The summed E-state index contributed by atoms with van der Waals surface area (Å²) >= 11 is 1.53. The highest BCUT2D eigenvalue weighted by Gasteiger charge is 2.05. The maximum atomic E-state index is 11.9. The summed E-state index contributed by atoms with van der Waals surface area (Å²) in [5, 5.41) is 6.18. The molecule has 0 aliphatic heterocycles. The molecule has 3 nitrogen and oxygen atoms in total. The Labute approximate surface area is 127 Å². The third-order valence-electron chi connectivity index (χ3n) is 2.83. The van der Waals surface area contributed by atoms with Crippen LogP contribution in [0.2, 0.25) is 0 Å². The molecule has 0 atom stereocenters. The lowest BCUT2D eigenvalue weighted by Gasteiger charge is -2.04. The molecule has 0 aliphatic carbocycles. The van der Waals surface area contributed by atoms with Crippen LogP contribution in [-0.4, -0.2) is 24.6 Å². The van der Waals surface area contributed by atoms with Gasteiger partial charge in [-0.25, -0.2) is 13.8 Å². The van der Waals surface area contributed by atoms with Gasteiger partial charge in [0.2, 0.25) is 0 Å². The lowest BCUT2D eigenvalue weighted by Crippen LogP contribution is -2.07. The summed E-state index contributed by atoms with van der Waals surface area (Å²) in [5.41, 5.74) is 3.22. The molecule has 0 amide bonds. The molecule has 114 valence electrons. The number of ether oxygens (including phenoxy) is 1. The van der Waals surface area contributed by atoms with Crippen molar-refractivity contribution in [3.05, 3.63) is 45.9 Å². The fourth-order valence-electron chi connectivity index (χ4n) is 1.74. The molecule has 0 saturated heterocycles. The second kappa shape index (κ2) is 8.05. The number of hydrogen-bond donors (Lipinski definition) is 1. The normalized spacial score (nSPS) is 11.0. The molecule has 2 rings (SSSR count). The van der Waals surface area contributed by atoms with Gasteiger partial charge in [0.1, 0.15) is 6.61 Å². The Morgan fingerprint density at radius 2 is 2.05 bits per heavy atom. The molecule has 0 bridgehead atoms. The van der Waals surface area contributed by atoms with Gasteiger partial charge in [0.25, 0.3) is 6.43 Å². The Bertz CT molecular complexity index is 543. The molecule has 2 aromatic rings. The van der Waals surface area contributed by atoms with Gasteiger partial charge in [0.15, 0.2) is 0 Å². The van der Waals surface area contributed by atoms with Gasteiger partial charge in [-0.3, -0.25) is 0 Å². The fraction of sp³-hybridized carbons (Fsp3) is 0.400. The number of benzene rings is 1. The second-order valence-corrected chi connectivity index (χ2v) is 5.61. The lowest BCUT2D eigenvalue weighted by atomic mass is 10.2. The van der Waals surface area contributed by atoms with Crippen LogP contribution in [0, 0.1) is 6.92 Å².